The summed E-state index contributed by atoms with van der Waals surface area (Å²) in [5.41, 5.74) is 8.33. The highest BCUT2D eigenvalue weighted by atomic mass is 16.1. The van der Waals surface area contributed by atoms with E-state index in [-0.39, 0.29) is 11.3 Å². The summed E-state index contributed by atoms with van der Waals surface area (Å²) in [5, 5.41) is 3.04. The molecule has 1 aromatic rings. The van der Waals surface area contributed by atoms with E-state index >= 15 is 0 Å². The minimum atomic E-state index is 0.0481. The molecule has 4 heteroatoms. The van der Waals surface area contributed by atoms with Gasteiger partial charge in [-0.25, -0.2) is 0 Å². The highest BCUT2D eigenvalue weighted by molar-refractivity contribution is 5.76. The van der Waals surface area contributed by atoms with Crippen LogP contribution in [0.5, 0.6) is 0 Å². The Hall–Kier alpha value is -1.29. The van der Waals surface area contributed by atoms with Crippen LogP contribution in [0.15, 0.2) is 12.1 Å². The van der Waals surface area contributed by atoms with Gasteiger partial charge in [-0.1, -0.05) is 19.3 Å². The van der Waals surface area contributed by atoms with Crippen LogP contribution in [0, 0.1) is 12.3 Å². The summed E-state index contributed by atoms with van der Waals surface area (Å²) in [7, 11) is 2.03. The average molecular weight is 277 g/mol. The molecule has 1 aromatic heterocycles. The lowest BCUT2D eigenvalue weighted by molar-refractivity contribution is -0.124. The van der Waals surface area contributed by atoms with E-state index < -0.39 is 0 Å². The van der Waals surface area contributed by atoms with Gasteiger partial charge in [-0.05, 0) is 43.9 Å². The number of nitrogens with two attached hydrogens (primary N) is 1. The second-order valence-corrected chi connectivity index (χ2v) is 6.24. The number of hydrogen-bond acceptors (Lipinski definition) is 2. The van der Waals surface area contributed by atoms with Gasteiger partial charge in [0.15, 0.2) is 0 Å². The molecule has 1 aliphatic carbocycles. The third kappa shape index (κ3) is 3.42. The van der Waals surface area contributed by atoms with Gasteiger partial charge in [-0.15, -0.1) is 0 Å². The van der Waals surface area contributed by atoms with Gasteiger partial charge in [0.25, 0.3) is 0 Å². The Kier molecular flexibility index (Phi) is 4.86. The molecule has 1 saturated carbocycles. The Morgan fingerprint density at radius 1 is 1.35 bits per heavy atom. The standard InChI is InChI=1S/C16H27N3O/c1-13-6-7-14(19(13)2)11-18-15(20)10-16(12-17)8-4-3-5-9-16/h6-7H,3-5,8-12,17H2,1-2H3,(H,18,20). The highest BCUT2D eigenvalue weighted by Gasteiger charge is 2.32. The molecule has 2 rings (SSSR count). The first-order valence-corrected chi connectivity index (χ1v) is 7.64. The zero-order valence-electron chi connectivity index (χ0n) is 12.7. The summed E-state index contributed by atoms with van der Waals surface area (Å²) < 4.78 is 2.11. The molecule has 0 aliphatic heterocycles. The van der Waals surface area contributed by atoms with Crippen LogP contribution in [0.4, 0.5) is 0 Å². The van der Waals surface area contributed by atoms with Crippen LogP contribution in [-0.4, -0.2) is 17.0 Å². The maximum absolute atomic E-state index is 12.2. The molecule has 20 heavy (non-hydrogen) atoms. The highest BCUT2D eigenvalue weighted by Crippen LogP contribution is 2.38. The lowest BCUT2D eigenvalue weighted by Gasteiger charge is -2.35. The predicted octanol–water partition coefficient (Wildman–Crippen LogP) is 2.25. The van der Waals surface area contributed by atoms with Crippen molar-refractivity contribution in [3.8, 4) is 0 Å². The van der Waals surface area contributed by atoms with E-state index in [1.807, 2.05) is 7.05 Å². The number of rotatable bonds is 5. The Labute approximate surface area is 121 Å². The van der Waals surface area contributed by atoms with Crippen molar-refractivity contribution in [1.29, 1.82) is 0 Å². The Morgan fingerprint density at radius 2 is 2.05 bits per heavy atom. The summed E-state index contributed by atoms with van der Waals surface area (Å²) in [4.78, 5) is 12.2. The van der Waals surface area contributed by atoms with Crippen molar-refractivity contribution in [2.75, 3.05) is 6.54 Å². The minimum Gasteiger partial charge on any atom is -0.351 e. The predicted molar refractivity (Wildman–Crippen MR) is 81.2 cm³/mol. The monoisotopic (exact) mass is 277 g/mol. The van der Waals surface area contributed by atoms with Crippen LogP contribution in [0.1, 0.15) is 49.9 Å². The van der Waals surface area contributed by atoms with Crippen molar-refractivity contribution in [3.05, 3.63) is 23.5 Å². The zero-order chi connectivity index (χ0) is 14.6. The molecule has 1 heterocycles. The number of nitrogens with zero attached hydrogens (tertiary/aromatic N) is 1. The fourth-order valence-electron chi connectivity index (χ4n) is 3.19. The molecule has 0 atom stereocenters. The van der Waals surface area contributed by atoms with E-state index in [1.54, 1.807) is 0 Å². The molecule has 0 radical (unpaired) electrons. The van der Waals surface area contributed by atoms with Gasteiger partial charge in [-0.3, -0.25) is 4.79 Å². The van der Waals surface area contributed by atoms with Gasteiger partial charge in [0.05, 0.1) is 6.54 Å². The van der Waals surface area contributed by atoms with Gasteiger partial charge >= 0.3 is 0 Å². The first kappa shape index (κ1) is 15.1. The van der Waals surface area contributed by atoms with Crippen LogP contribution in [-0.2, 0) is 18.4 Å². The Morgan fingerprint density at radius 3 is 2.60 bits per heavy atom. The van der Waals surface area contributed by atoms with E-state index in [9.17, 15) is 4.79 Å². The van der Waals surface area contributed by atoms with E-state index in [0.717, 1.165) is 18.5 Å². The molecular formula is C16H27N3O. The minimum absolute atomic E-state index is 0.0481. The molecule has 3 N–H and O–H groups in total. The quantitative estimate of drug-likeness (QED) is 0.867. The van der Waals surface area contributed by atoms with Crippen LogP contribution in [0.2, 0.25) is 0 Å². The largest absolute Gasteiger partial charge is 0.351 e. The number of aromatic nitrogens is 1. The number of amides is 1. The maximum atomic E-state index is 12.2. The molecule has 1 fully saturated rings. The number of aryl methyl sites for hydroxylation is 1. The van der Waals surface area contributed by atoms with Crippen molar-refractivity contribution in [2.24, 2.45) is 18.2 Å². The molecule has 0 bridgehead atoms. The summed E-state index contributed by atoms with van der Waals surface area (Å²) in [6.07, 6.45) is 6.47. The second-order valence-electron chi connectivity index (χ2n) is 6.24. The summed E-state index contributed by atoms with van der Waals surface area (Å²) in [6, 6.07) is 4.14. The van der Waals surface area contributed by atoms with Crippen molar-refractivity contribution < 1.29 is 4.79 Å². The van der Waals surface area contributed by atoms with Crippen molar-refractivity contribution in [2.45, 2.75) is 52.0 Å². The SMILES string of the molecule is Cc1ccc(CNC(=O)CC2(CN)CCCCC2)n1C. The zero-order valence-corrected chi connectivity index (χ0v) is 12.7. The van der Waals surface area contributed by atoms with E-state index in [1.165, 1.54) is 25.0 Å². The van der Waals surface area contributed by atoms with Crippen LogP contribution < -0.4 is 11.1 Å². The Balaban J connectivity index is 1.87. The second kappa shape index (κ2) is 6.44. The van der Waals surface area contributed by atoms with Crippen LogP contribution in [0.25, 0.3) is 0 Å². The normalized spacial score (nSPS) is 17.9. The maximum Gasteiger partial charge on any atom is 0.220 e. The van der Waals surface area contributed by atoms with Gasteiger partial charge in [0.1, 0.15) is 0 Å². The molecule has 112 valence electrons. The lowest BCUT2D eigenvalue weighted by atomic mass is 9.71. The number of carbonyl (C=O) groups excluding carboxylic acids is 1. The van der Waals surface area contributed by atoms with Crippen LogP contribution >= 0.6 is 0 Å². The fourth-order valence-corrected chi connectivity index (χ4v) is 3.19. The van der Waals surface area contributed by atoms with Gasteiger partial charge in [0, 0.05) is 24.9 Å². The van der Waals surface area contributed by atoms with Gasteiger partial charge in [-0.2, -0.15) is 0 Å². The average Bonchev–Trinajstić information content (AvgIpc) is 2.77. The van der Waals surface area contributed by atoms with Crippen LogP contribution in [0.3, 0.4) is 0 Å². The topological polar surface area (TPSA) is 60.1 Å². The molecular weight excluding hydrogens is 250 g/mol. The summed E-state index contributed by atoms with van der Waals surface area (Å²) in [5.74, 6) is 0.135. The first-order chi connectivity index (χ1) is 9.56. The molecule has 1 aliphatic rings. The van der Waals surface area contributed by atoms with Gasteiger partial charge in [0.2, 0.25) is 5.91 Å². The van der Waals surface area contributed by atoms with E-state index in [0.29, 0.717) is 19.5 Å². The number of hydrogen-bond donors (Lipinski definition) is 2. The molecule has 0 unspecified atom stereocenters. The van der Waals surface area contributed by atoms with Gasteiger partial charge < -0.3 is 15.6 Å². The number of nitrogens with one attached hydrogen (secondary N) is 1. The summed E-state index contributed by atoms with van der Waals surface area (Å²) >= 11 is 0. The van der Waals surface area contributed by atoms with Crippen molar-refractivity contribution in [3.63, 3.8) is 0 Å². The molecule has 4 nitrogen and oxygen atoms in total. The molecule has 0 spiro atoms. The van der Waals surface area contributed by atoms with Crippen molar-refractivity contribution in [1.82, 2.24) is 9.88 Å². The van der Waals surface area contributed by atoms with E-state index in [2.05, 4.69) is 28.9 Å². The van der Waals surface area contributed by atoms with Crippen molar-refractivity contribution >= 4 is 5.91 Å². The fraction of sp³-hybridized carbons (Fsp3) is 0.688. The number of carbonyl (C=O) groups is 1. The summed E-state index contributed by atoms with van der Waals surface area (Å²) in [6.45, 7) is 3.30. The molecule has 1 amide bonds. The molecule has 0 aromatic carbocycles. The van der Waals surface area contributed by atoms with E-state index in [4.69, 9.17) is 5.73 Å². The third-order valence-electron chi connectivity index (χ3n) is 4.83. The Bertz CT molecular complexity index is 458. The smallest absolute Gasteiger partial charge is 0.220 e. The first-order valence-electron chi connectivity index (χ1n) is 7.64. The third-order valence-corrected chi connectivity index (χ3v) is 4.83. The molecule has 0 saturated heterocycles. The lowest BCUT2D eigenvalue weighted by Crippen LogP contribution is -2.38.